The fourth-order valence-electron chi connectivity index (χ4n) is 4.11. The molecule has 1 rings (SSSR count). The lowest BCUT2D eigenvalue weighted by molar-refractivity contribution is -0.141. The normalized spacial score (nSPS) is 16.3. The summed E-state index contributed by atoms with van der Waals surface area (Å²) in [6.45, 7) is 2.97. The highest BCUT2D eigenvalue weighted by Crippen LogP contribution is 2.27. The minimum absolute atomic E-state index is 0.0209. The van der Waals surface area contributed by atoms with Gasteiger partial charge in [0.25, 0.3) is 0 Å². The van der Waals surface area contributed by atoms with Crippen molar-refractivity contribution in [2.45, 2.75) is 76.9 Å². The van der Waals surface area contributed by atoms with Gasteiger partial charge in [0, 0.05) is 0 Å². The van der Waals surface area contributed by atoms with Crippen molar-refractivity contribution in [1.82, 2.24) is 26.6 Å². The van der Waals surface area contributed by atoms with E-state index < -0.39 is 66.6 Å². The Labute approximate surface area is 211 Å². The Morgan fingerprint density at radius 2 is 1.47 bits per heavy atom. The fourth-order valence-corrected chi connectivity index (χ4v) is 4.11. The highest BCUT2D eigenvalue weighted by molar-refractivity contribution is 5.96. The van der Waals surface area contributed by atoms with Crippen LogP contribution in [0.1, 0.15) is 58.8 Å². The topological polar surface area (TPSA) is 209 Å². The molecule has 3 unspecified atom stereocenters. The largest absolute Gasteiger partial charge is 0.481 e. The molecule has 3 atom stereocenters. The third-order valence-corrected chi connectivity index (χ3v) is 6.01. The Balaban J connectivity index is 2.97. The maximum atomic E-state index is 13.1. The smallest absolute Gasteiger partial charge is 0.305 e. The number of nitrogens with one attached hydrogen (secondary N) is 5. The highest BCUT2D eigenvalue weighted by atomic mass is 16.4. The molecule has 1 fully saturated rings. The van der Waals surface area contributed by atoms with Crippen molar-refractivity contribution in [3.8, 4) is 0 Å². The molecule has 0 heterocycles. The van der Waals surface area contributed by atoms with Crippen molar-refractivity contribution in [2.24, 2.45) is 17.6 Å². The van der Waals surface area contributed by atoms with Crippen molar-refractivity contribution in [3.05, 3.63) is 0 Å². The van der Waals surface area contributed by atoms with Crippen molar-refractivity contribution in [1.29, 1.82) is 0 Å². The first-order valence-corrected chi connectivity index (χ1v) is 12.3. The van der Waals surface area contributed by atoms with Crippen LogP contribution in [0, 0.1) is 11.8 Å². The molecule has 0 aromatic heterocycles. The van der Waals surface area contributed by atoms with Gasteiger partial charge >= 0.3 is 5.97 Å². The van der Waals surface area contributed by atoms with Crippen LogP contribution in [0.3, 0.4) is 0 Å². The molecule has 0 aromatic rings. The zero-order valence-corrected chi connectivity index (χ0v) is 21.2. The first-order valence-electron chi connectivity index (χ1n) is 12.3. The zero-order valence-electron chi connectivity index (χ0n) is 21.2. The molecule has 13 nitrogen and oxygen atoms in total. The van der Waals surface area contributed by atoms with E-state index >= 15 is 0 Å². The van der Waals surface area contributed by atoms with E-state index in [1.165, 1.54) is 0 Å². The highest BCUT2D eigenvalue weighted by Gasteiger charge is 2.32. The summed E-state index contributed by atoms with van der Waals surface area (Å²) in [7, 11) is 1.56. The van der Waals surface area contributed by atoms with Crippen molar-refractivity contribution < 1.29 is 33.9 Å². The Hall–Kier alpha value is -3.22. The van der Waals surface area contributed by atoms with Gasteiger partial charge in [0.15, 0.2) is 0 Å². The number of amides is 5. The standard InChI is InChI=1S/C23H40N6O7/c1-13(2)20(21(24)34)29-23(36)15(9-14-7-5-4-6-8-14)28-22(35)16(10-19(32)33)27-18(31)12-26-17(30)11-25-3/h13-16,20,25H,4-12H2,1-3H3,(H2,24,34)(H,26,30)(H,27,31)(H,28,35)(H,29,36)(H,32,33). The van der Waals surface area contributed by atoms with Gasteiger partial charge in [-0.25, -0.2) is 0 Å². The average molecular weight is 513 g/mol. The van der Waals surface area contributed by atoms with E-state index in [4.69, 9.17) is 5.73 Å². The van der Waals surface area contributed by atoms with E-state index in [1.54, 1.807) is 20.9 Å². The van der Waals surface area contributed by atoms with Crippen LogP contribution >= 0.6 is 0 Å². The van der Waals surface area contributed by atoms with Crippen LogP contribution in [0.25, 0.3) is 0 Å². The molecule has 1 aliphatic rings. The minimum Gasteiger partial charge on any atom is -0.481 e. The number of rotatable bonds is 15. The minimum atomic E-state index is -1.48. The predicted molar refractivity (Wildman–Crippen MR) is 130 cm³/mol. The third-order valence-electron chi connectivity index (χ3n) is 6.01. The molecule has 204 valence electrons. The monoisotopic (exact) mass is 512 g/mol. The Kier molecular flexibility index (Phi) is 13.4. The number of aliphatic carboxylic acids is 1. The Morgan fingerprint density at radius 1 is 0.861 bits per heavy atom. The van der Waals surface area contributed by atoms with E-state index in [2.05, 4.69) is 26.6 Å². The summed E-state index contributed by atoms with van der Waals surface area (Å²) < 4.78 is 0. The van der Waals surface area contributed by atoms with Crippen LogP contribution in [0.4, 0.5) is 0 Å². The van der Waals surface area contributed by atoms with Gasteiger partial charge in [0.1, 0.15) is 18.1 Å². The molecule has 36 heavy (non-hydrogen) atoms. The van der Waals surface area contributed by atoms with Gasteiger partial charge in [-0.15, -0.1) is 0 Å². The number of likely N-dealkylation sites (N-methyl/N-ethyl adjacent to an activating group) is 1. The van der Waals surface area contributed by atoms with Gasteiger partial charge in [-0.2, -0.15) is 0 Å². The summed E-state index contributed by atoms with van der Waals surface area (Å²) in [6.07, 6.45) is 4.42. The molecule has 0 radical (unpaired) electrons. The summed E-state index contributed by atoms with van der Waals surface area (Å²) >= 11 is 0. The van der Waals surface area contributed by atoms with Crippen LogP contribution in [0.2, 0.25) is 0 Å². The molecule has 13 heteroatoms. The number of carbonyl (C=O) groups excluding carboxylic acids is 5. The summed E-state index contributed by atoms with van der Waals surface area (Å²) in [6, 6.07) is -3.47. The number of hydrogen-bond donors (Lipinski definition) is 7. The molecule has 0 spiro atoms. The molecule has 0 saturated heterocycles. The number of hydrogen-bond acceptors (Lipinski definition) is 7. The molecule has 5 amide bonds. The van der Waals surface area contributed by atoms with Crippen LogP contribution in [0.5, 0.6) is 0 Å². The SMILES string of the molecule is CNCC(=O)NCC(=O)NC(CC(=O)O)C(=O)NC(CC1CCCCC1)C(=O)NC(C(N)=O)C(C)C. The van der Waals surface area contributed by atoms with E-state index in [0.717, 1.165) is 32.1 Å². The van der Waals surface area contributed by atoms with Gasteiger partial charge in [0.2, 0.25) is 29.5 Å². The molecule has 1 saturated carbocycles. The summed E-state index contributed by atoms with van der Waals surface area (Å²) in [5, 5.41) is 21.6. The van der Waals surface area contributed by atoms with Crippen molar-refractivity contribution >= 4 is 35.5 Å². The van der Waals surface area contributed by atoms with Crippen LogP contribution in [-0.2, 0) is 28.8 Å². The fraction of sp³-hybridized carbons (Fsp3) is 0.739. The molecule has 8 N–H and O–H groups in total. The predicted octanol–water partition coefficient (Wildman–Crippen LogP) is -1.64. The quantitative estimate of drug-likeness (QED) is 0.135. The number of carboxylic acid groups (broad SMARTS) is 1. The van der Waals surface area contributed by atoms with Gasteiger partial charge in [-0.05, 0) is 25.3 Å². The molecular weight excluding hydrogens is 472 g/mol. The maximum Gasteiger partial charge on any atom is 0.305 e. The number of nitrogens with two attached hydrogens (primary N) is 1. The number of primary amides is 1. The van der Waals surface area contributed by atoms with Crippen LogP contribution < -0.4 is 32.3 Å². The van der Waals surface area contributed by atoms with Gasteiger partial charge < -0.3 is 37.4 Å². The summed E-state index contributed by atoms with van der Waals surface area (Å²) in [4.78, 5) is 73.0. The first-order chi connectivity index (χ1) is 16.9. The second-order valence-electron chi connectivity index (χ2n) is 9.46. The molecule has 1 aliphatic carbocycles. The molecular formula is C23H40N6O7. The van der Waals surface area contributed by atoms with E-state index in [-0.39, 0.29) is 18.4 Å². The van der Waals surface area contributed by atoms with E-state index in [9.17, 15) is 33.9 Å². The van der Waals surface area contributed by atoms with Crippen LogP contribution in [-0.4, -0.2) is 78.9 Å². The van der Waals surface area contributed by atoms with Crippen molar-refractivity contribution in [2.75, 3.05) is 20.1 Å². The lowest BCUT2D eigenvalue weighted by Crippen LogP contribution is -2.58. The Bertz CT molecular complexity index is 798. The lowest BCUT2D eigenvalue weighted by atomic mass is 9.84. The van der Waals surface area contributed by atoms with Crippen molar-refractivity contribution in [3.63, 3.8) is 0 Å². The zero-order chi connectivity index (χ0) is 27.3. The Morgan fingerprint density at radius 3 is 2.00 bits per heavy atom. The average Bonchev–Trinajstić information content (AvgIpc) is 2.80. The first kappa shape index (κ1) is 30.8. The van der Waals surface area contributed by atoms with Crippen LogP contribution in [0.15, 0.2) is 0 Å². The summed E-state index contributed by atoms with van der Waals surface area (Å²) in [5.74, 6) is -4.85. The lowest BCUT2D eigenvalue weighted by Gasteiger charge is -2.29. The van der Waals surface area contributed by atoms with E-state index in [0.29, 0.717) is 6.42 Å². The molecule has 0 aromatic carbocycles. The number of carboxylic acids is 1. The number of carbonyl (C=O) groups is 6. The van der Waals surface area contributed by atoms with Gasteiger partial charge in [-0.3, -0.25) is 28.8 Å². The second kappa shape index (κ2) is 15.7. The molecule has 0 bridgehead atoms. The van der Waals surface area contributed by atoms with Gasteiger partial charge in [0.05, 0.1) is 19.5 Å². The van der Waals surface area contributed by atoms with E-state index in [1.807, 2.05) is 0 Å². The second-order valence-corrected chi connectivity index (χ2v) is 9.46. The third kappa shape index (κ3) is 11.5. The maximum absolute atomic E-state index is 13.1. The summed E-state index contributed by atoms with van der Waals surface area (Å²) in [5.41, 5.74) is 5.41. The molecule has 0 aliphatic heterocycles. The van der Waals surface area contributed by atoms with Gasteiger partial charge in [-0.1, -0.05) is 46.0 Å².